The normalized spacial score (nSPS) is 17.0. The monoisotopic (exact) mass is 396 g/mol. The molecule has 7 heteroatoms. The largest absolute Gasteiger partial charge is 0.356 e. The Hall–Kier alpha value is -2.73. The molecule has 0 unspecified atom stereocenters. The molecule has 2 aromatic heterocycles. The smallest absolute Gasteiger partial charge is 0.253 e. The van der Waals surface area contributed by atoms with Crippen LogP contribution < -0.4 is 0 Å². The zero-order valence-electron chi connectivity index (χ0n) is 15.9. The van der Waals surface area contributed by atoms with Gasteiger partial charge in [0.05, 0.1) is 17.0 Å². The minimum Gasteiger partial charge on any atom is -0.356 e. The van der Waals surface area contributed by atoms with Gasteiger partial charge < -0.3 is 9.42 Å². The second kappa shape index (κ2) is 7.72. The first-order valence-electron chi connectivity index (χ1n) is 9.33. The van der Waals surface area contributed by atoms with Crippen LogP contribution in [0.1, 0.15) is 46.3 Å². The van der Waals surface area contributed by atoms with Crippen molar-refractivity contribution in [3.8, 4) is 11.3 Å². The molecule has 0 saturated carbocycles. The van der Waals surface area contributed by atoms with E-state index < -0.39 is 0 Å². The Balaban J connectivity index is 1.63. The van der Waals surface area contributed by atoms with Gasteiger partial charge in [-0.15, -0.1) is 0 Å². The van der Waals surface area contributed by atoms with Gasteiger partial charge in [-0.3, -0.25) is 4.79 Å². The zero-order valence-corrected chi connectivity index (χ0v) is 16.6. The number of rotatable bonds is 3. The molecule has 3 heterocycles. The topological polar surface area (TPSA) is 72.1 Å². The van der Waals surface area contributed by atoms with Gasteiger partial charge in [0.1, 0.15) is 5.82 Å². The number of nitrogens with zero attached hydrogens (tertiary/aromatic N) is 4. The average Bonchev–Trinajstić information content (AvgIpc) is 3.13. The molecular weight excluding hydrogens is 376 g/mol. The van der Waals surface area contributed by atoms with Crippen LogP contribution in [-0.2, 0) is 0 Å². The van der Waals surface area contributed by atoms with Gasteiger partial charge in [0.2, 0.25) is 0 Å². The number of piperidine rings is 1. The van der Waals surface area contributed by atoms with E-state index in [0.717, 1.165) is 36.3 Å². The van der Waals surface area contributed by atoms with Gasteiger partial charge in [-0.1, -0.05) is 22.8 Å². The summed E-state index contributed by atoms with van der Waals surface area (Å²) in [4.78, 5) is 23.9. The first kappa shape index (κ1) is 18.6. The van der Waals surface area contributed by atoms with Gasteiger partial charge in [0.15, 0.2) is 5.76 Å². The minimum absolute atomic E-state index is 0.00459. The van der Waals surface area contributed by atoms with Crippen LogP contribution in [0.5, 0.6) is 0 Å². The first-order valence-corrected chi connectivity index (χ1v) is 9.71. The summed E-state index contributed by atoms with van der Waals surface area (Å²) in [6, 6.07) is 8.97. The molecule has 28 heavy (non-hydrogen) atoms. The summed E-state index contributed by atoms with van der Waals surface area (Å²) >= 11 is 6.06. The minimum atomic E-state index is -0.00459. The summed E-state index contributed by atoms with van der Waals surface area (Å²) in [5, 5.41) is 4.55. The van der Waals surface area contributed by atoms with Crippen molar-refractivity contribution in [1.82, 2.24) is 20.0 Å². The number of likely N-dealkylation sites (tertiary alicyclic amines) is 1. The molecule has 1 aliphatic rings. The maximum Gasteiger partial charge on any atom is 0.253 e. The van der Waals surface area contributed by atoms with Gasteiger partial charge in [-0.05, 0) is 44.9 Å². The maximum absolute atomic E-state index is 13.0. The van der Waals surface area contributed by atoms with E-state index in [2.05, 4.69) is 10.1 Å². The Morgan fingerprint density at radius 2 is 2.14 bits per heavy atom. The molecule has 0 radical (unpaired) electrons. The molecule has 0 bridgehead atoms. The molecule has 0 aliphatic carbocycles. The highest BCUT2D eigenvalue weighted by Crippen LogP contribution is 2.33. The fourth-order valence-electron chi connectivity index (χ4n) is 3.67. The van der Waals surface area contributed by atoms with E-state index in [-0.39, 0.29) is 11.8 Å². The van der Waals surface area contributed by atoms with Gasteiger partial charge in [0.25, 0.3) is 5.91 Å². The second-order valence-corrected chi connectivity index (χ2v) is 7.59. The maximum atomic E-state index is 13.0. The third-order valence-corrected chi connectivity index (χ3v) is 5.23. The summed E-state index contributed by atoms with van der Waals surface area (Å²) < 4.78 is 5.45. The lowest BCUT2D eigenvalue weighted by Gasteiger charge is -2.33. The molecule has 6 nitrogen and oxygen atoms in total. The zero-order chi connectivity index (χ0) is 19.7. The molecular formula is C21H21ClN4O2. The van der Waals surface area contributed by atoms with Crippen molar-refractivity contribution in [2.45, 2.75) is 32.6 Å². The van der Waals surface area contributed by atoms with Crippen LogP contribution in [0.4, 0.5) is 0 Å². The van der Waals surface area contributed by atoms with E-state index in [1.807, 2.05) is 24.8 Å². The summed E-state index contributed by atoms with van der Waals surface area (Å²) in [6.45, 7) is 5.08. The summed E-state index contributed by atoms with van der Waals surface area (Å²) in [7, 11) is 0. The van der Waals surface area contributed by atoms with Crippen LogP contribution in [0.15, 0.2) is 41.1 Å². The highest BCUT2D eigenvalue weighted by Gasteiger charge is 2.29. The van der Waals surface area contributed by atoms with Gasteiger partial charge in [-0.25, -0.2) is 9.97 Å². The van der Waals surface area contributed by atoms with E-state index in [0.29, 0.717) is 28.7 Å². The molecule has 144 valence electrons. The number of aryl methyl sites for hydroxylation is 2. The number of benzene rings is 1. The predicted octanol–water partition coefficient (Wildman–Crippen LogP) is 4.42. The van der Waals surface area contributed by atoms with Gasteiger partial charge in [0, 0.05) is 41.9 Å². The number of halogens is 1. The predicted molar refractivity (Wildman–Crippen MR) is 106 cm³/mol. The van der Waals surface area contributed by atoms with E-state index in [4.69, 9.17) is 21.1 Å². The third-order valence-electron chi connectivity index (χ3n) is 5.00. The molecule has 4 rings (SSSR count). The summed E-state index contributed by atoms with van der Waals surface area (Å²) in [5.41, 5.74) is 3.17. The van der Waals surface area contributed by atoms with Crippen molar-refractivity contribution in [3.05, 3.63) is 64.3 Å². The number of carbonyl (C=O) groups excluding carboxylic acids is 1. The molecule has 1 aliphatic heterocycles. The molecule has 0 N–H and O–H groups in total. The Bertz CT molecular complexity index is 1020. The molecule has 1 amide bonds. The lowest BCUT2D eigenvalue weighted by Crippen LogP contribution is -2.39. The standard InChI is InChI=1S/C21H21ClN4O2/c1-13-9-19(28-25-13)18-11-23-14(2)24-20(18)16-6-4-8-26(12-16)21(27)15-5-3-7-17(22)10-15/h3,5,7,9-11,16H,4,6,8,12H2,1-2H3/t16-/m1/s1. The summed E-state index contributed by atoms with van der Waals surface area (Å²) in [5.74, 6) is 1.47. The molecule has 1 fully saturated rings. The molecule has 0 spiro atoms. The van der Waals surface area contributed by atoms with Gasteiger partial charge in [-0.2, -0.15) is 0 Å². The van der Waals surface area contributed by atoms with Crippen molar-refractivity contribution in [2.75, 3.05) is 13.1 Å². The van der Waals surface area contributed by atoms with Crippen LogP contribution in [0, 0.1) is 13.8 Å². The number of aromatic nitrogens is 3. The van der Waals surface area contributed by atoms with Gasteiger partial charge >= 0.3 is 0 Å². The quantitative estimate of drug-likeness (QED) is 0.655. The molecule has 3 aromatic rings. The lowest BCUT2D eigenvalue weighted by atomic mass is 9.91. The van der Waals surface area contributed by atoms with E-state index >= 15 is 0 Å². The van der Waals surface area contributed by atoms with E-state index in [1.54, 1.807) is 30.5 Å². The van der Waals surface area contributed by atoms with Crippen LogP contribution in [0.3, 0.4) is 0 Å². The number of amides is 1. The lowest BCUT2D eigenvalue weighted by molar-refractivity contribution is 0.0706. The third kappa shape index (κ3) is 3.78. The number of hydrogen-bond acceptors (Lipinski definition) is 5. The highest BCUT2D eigenvalue weighted by molar-refractivity contribution is 6.30. The van der Waals surface area contributed by atoms with Crippen LogP contribution in [-0.4, -0.2) is 39.0 Å². The second-order valence-electron chi connectivity index (χ2n) is 7.15. The van der Waals surface area contributed by atoms with Crippen molar-refractivity contribution >= 4 is 17.5 Å². The van der Waals surface area contributed by atoms with Crippen LogP contribution >= 0.6 is 11.6 Å². The van der Waals surface area contributed by atoms with E-state index in [1.165, 1.54) is 0 Å². The van der Waals surface area contributed by atoms with E-state index in [9.17, 15) is 4.79 Å². The first-order chi connectivity index (χ1) is 13.5. The number of carbonyl (C=O) groups is 1. The Kier molecular flexibility index (Phi) is 5.13. The van der Waals surface area contributed by atoms with Crippen LogP contribution in [0.25, 0.3) is 11.3 Å². The number of hydrogen-bond donors (Lipinski definition) is 0. The molecule has 1 atom stereocenters. The van der Waals surface area contributed by atoms with Crippen molar-refractivity contribution in [1.29, 1.82) is 0 Å². The Labute approximate surface area is 168 Å². The van der Waals surface area contributed by atoms with Crippen molar-refractivity contribution in [2.24, 2.45) is 0 Å². The molecule has 1 saturated heterocycles. The average molecular weight is 397 g/mol. The summed E-state index contributed by atoms with van der Waals surface area (Å²) in [6.07, 6.45) is 3.65. The highest BCUT2D eigenvalue weighted by atomic mass is 35.5. The van der Waals surface area contributed by atoms with Crippen LogP contribution in [0.2, 0.25) is 5.02 Å². The fraction of sp³-hybridized carbons (Fsp3) is 0.333. The Morgan fingerprint density at radius 1 is 1.29 bits per heavy atom. The molecule has 1 aromatic carbocycles. The van der Waals surface area contributed by atoms with Crippen molar-refractivity contribution in [3.63, 3.8) is 0 Å². The SMILES string of the molecule is Cc1cc(-c2cnc(C)nc2[C@@H]2CCCN(C(=O)c3cccc(Cl)c3)C2)on1. The van der Waals surface area contributed by atoms with Crippen molar-refractivity contribution < 1.29 is 9.32 Å². The fourth-order valence-corrected chi connectivity index (χ4v) is 3.86. The Morgan fingerprint density at radius 3 is 2.89 bits per heavy atom.